The Balaban J connectivity index is 2.51. The molecule has 1 amide bonds. The molecule has 0 radical (unpaired) electrons. The van der Waals surface area contributed by atoms with Gasteiger partial charge in [-0.1, -0.05) is 11.3 Å². The summed E-state index contributed by atoms with van der Waals surface area (Å²) in [6.07, 6.45) is -0.562. The Hall–Kier alpha value is -1.70. The number of anilines is 1. The van der Waals surface area contributed by atoms with E-state index in [0.29, 0.717) is 11.6 Å². The lowest BCUT2D eigenvalue weighted by atomic mass is 10.2. The molecule has 0 atom stereocenters. The van der Waals surface area contributed by atoms with Crippen molar-refractivity contribution in [2.24, 2.45) is 0 Å². The van der Waals surface area contributed by atoms with Gasteiger partial charge in [0.25, 0.3) is 0 Å². The number of esters is 1. The summed E-state index contributed by atoms with van der Waals surface area (Å²) in [5.74, 6) is -0.373. The van der Waals surface area contributed by atoms with Crippen molar-refractivity contribution < 1.29 is 19.1 Å². The van der Waals surface area contributed by atoms with Crippen molar-refractivity contribution in [3.8, 4) is 0 Å². The van der Waals surface area contributed by atoms with Crippen LogP contribution in [0.15, 0.2) is 0 Å². The highest BCUT2D eigenvalue weighted by atomic mass is 32.1. The van der Waals surface area contributed by atoms with Gasteiger partial charge in [-0.2, -0.15) is 0 Å². The summed E-state index contributed by atoms with van der Waals surface area (Å²) in [5, 5.41) is 10.8. The third kappa shape index (κ3) is 6.14. The third-order valence-electron chi connectivity index (χ3n) is 1.68. The number of nitrogens with zero attached hydrogens (tertiary/aromatic N) is 2. The van der Waals surface area contributed by atoms with Crippen LogP contribution in [0.25, 0.3) is 0 Å². The number of hydrogen-bond acceptors (Lipinski definition) is 7. The second-order valence-electron chi connectivity index (χ2n) is 4.61. The number of carbonyl (C=O) groups is 2. The van der Waals surface area contributed by atoms with Gasteiger partial charge in [0.1, 0.15) is 10.6 Å². The zero-order valence-electron chi connectivity index (χ0n) is 11.3. The molecule has 0 saturated heterocycles. The molecule has 106 valence electrons. The third-order valence-corrected chi connectivity index (χ3v) is 2.51. The lowest BCUT2D eigenvalue weighted by molar-refractivity contribution is -0.142. The Morgan fingerprint density at radius 1 is 1.32 bits per heavy atom. The van der Waals surface area contributed by atoms with E-state index < -0.39 is 11.7 Å². The molecule has 1 rings (SSSR count). The van der Waals surface area contributed by atoms with Gasteiger partial charge in [0.15, 0.2) is 0 Å². The first-order valence-corrected chi connectivity index (χ1v) is 6.60. The zero-order chi connectivity index (χ0) is 14.5. The van der Waals surface area contributed by atoms with Crippen LogP contribution in [0.5, 0.6) is 0 Å². The second-order valence-corrected chi connectivity index (χ2v) is 5.67. The van der Waals surface area contributed by atoms with Crippen LogP contribution in [0.3, 0.4) is 0 Å². The molecule has 0 aliphatic carbocycles. The van der Waals surface area contributed by atoms with E-state index in [4.69, 9.17) is 9.47 Å². The molecule has 1 aromatic rings. The monoisotopic (exact) mass is 287 g/mol. The van der Waals surface area contributed by atoms with Crippen molar-refractivity contribution in [2.45, 2.75) is 39.7 Å². The molecule has 0 fully saturated rings. The van der Waals surface area contributed by atoms with Crippen LogP contribution in [-0.4, -0.2) is 34.5 Å². The van der Waals surface area contributed by atoms with Crippen LogP contribution in [0, 0.1) is 0 Å². The number of hydrogen-bond donors (Lipinski definition) is 1. The second kappa shape index (κ2) is 6.46. The molecule has 7 nitrogen and oxygen atoms in total. The summed E-state index contributed by atoms with van der Waals surface area (Å²) in [7, 11) is 0. The van der Waals surface area contributed by atoms with Crippen molar-refractivity contribution in [3.05, 3.63) is 5.01 Å². The fraction of sp³-hybridized carbons (Fsp3) is 0.636. The normalized spacial score (nSPS) is 10.9. The van der Waals surface area contributed by atoms with Crippen molar-refractivity contribution in [1.82, 2.24) is 10.2 Å². The molecular weight excluding hydrogens is 270 g/mol. The maximum absolute atomic E-state index is 11.5. The summed E-state index contributed by atoms with van der Waals surface area (Å²) in [6.45, 7) is 7.34. The fourth-order valence-corrected chi connectivity index (χ4v) is 1.81. The average Bonchev–Trinajstić information content (AvgIpc) is 2.62. The molecule has 0 aliphatic heterocycles. The van der Waals surface area contributed by atoms with E-state index in [9.17, 15) is 9.59 Å². The lowest BCUT2D eigenvalue weighted by Crippen LogP contribution is -2.27. The van der Waals surface area contributed by atoms with E-state index in [1.807, 2.05) is 0 Å². The molecule has 0 aliphatic rings. The molecule has 8 heteroatoms. The minimum Gasteiger partial charge on any atom is -0.466 e. The summed E-state index contributed by atoms with van der Waals surface area (Å²) in [6, 6.07) is 0. The van der Waals surface area contributed by atoms with E-state index in [-0.39, 0.29) is 17.5 Å². The summed E-state index contributed by atoms with van der Waals surface area (Å²) in [5.41, 5.74) is -0.581. The van der Waals surface area contributed by atoms with Gasteiger partial charge in [0.2, 0.25) is 5.13 Å². The van der Waals surface area contributed by atoms with Gasteiger partial charge >= 0.3 is 12.1 Å². The Morgan fingerprint density at radius 2 is 2.00 bits per heavy atom. The van der Waals surface area contributed by atoms with E-state index >= 15 is 0 Å². The lowest BCUT2D eigenvalue weighted by Gasteiger charge is -2.18. The summed E-state index contributed by atoms with van der Waals surface area (Å²) in [4.78, 5) is 22.7. The zero-order valence-corrected chi connectivity index (χ0v) is 12.2. The first-order chi connectivity index (χ1) is 8.80. The number of aromatic nitrogens is 2. The minimum absolute atomic E-state index is 0.0432. The fourth-order valence-electron chi connectivity index (χ4n) is 1.10. The minimum atomic E-state index is -0.605. The summed E-state index contributed by atoms with van der Waals surface area (Å²) >= 11 is 1.11. The van der Waals surface area contributed by atoms with Gasteiger partial charge in [0, 0.05) is 0 Å². The van der Waals surface area contributed by atoms with Gasteiger partial charge < -0.3 is 9.47 Å². The molecule has 1 N–H and O–H groups in total. The molecule has 0 aromatic carbocycles. The SMILES string of the molecule is CCOC(=O)Cc1nnc(NC(=O)OC(C)(C)C)s1. The first-order valence-electron chi connectivity index (χ1n) is 5.78. The molecule has 0 bridgehead atoms. The number of amides is 1. The van der Waals surface area contributed by atoms with Crippen LogP contribution in [0.4, 0.5) is 9.93 Å². The molecule has 0 saturated carbocycles. The topological polar surface area (TPSA) is 90.4 Å². The van der Waals surface area contributed by atoms with E-state index in [1.165, 1.54) is 0 Å². The Morgan fingerprint density at radius 3 is 2.58 bits per heavy atom. The molecule has 1 heterocycles. The van der Waals surface area contributed by atoms with Crippen molar-refractivity contribution >= 4 is 28.5 Å². The molecule has 0 spiro atoms. The van der Waals surface area contributed by atoms with Gasteiger partial charge in [-0.15, -0.1) is 10.2 Å². The Labute approximate surface area is 115 Å². The highest BCUT2D eigenvalue weighted by Crippen LogP contribution is 2.17. The van der Waals surface area contributed by atoms with Crippen molar-refractivity contribution in [3.63, 3.8) is 0 Å². The molecule has 0 unspecified atom stereocenters. The van der Waals surface area contributed by atoms with Crippen LogP contribution in [0.2, 0.25) is 0 Å². The maximum atomic E-state index is 11.5. The Bertz CT molecular complexity index is 453. The van der Waals surface area contributed by atoms with Crippen LogP contribution >= 0.6 is 11.3 Å². The molecular formula is C11H17N3O4S. The van der Waals surface area contributed by atoms with Gasteiger partial charge in [0.05, 0.1) is 13.0 Å². The largest absolute Gasteiger partial charge is 0.466 e. The average molecular weight is 287 g/mol. The quantitative estimate of drug-likeness (QED) is 0.852. The Kier molecular flexibility index (Phi) is 5.22. The maximum Gasteiger partial charge on any atom is 0.414 e. The van der Waals surface area contributed by atoms with Gasteiger partial charge in [-0.05, 0) is 27.7 Å². The van der Waals surface area contributed by atoms with E-state index in [0.717, 1.165) is 11.3 Å². The molecule has 19 heavy (non-hydrogen) atoms. The molecule has 1 aromatic heterocycles. The predicted molar refractivity (Wildman–Crippen MR) is 70.1 cm³/mol. The van der Waals surface area contributed by atoms with Crippen LogP contribution in [0.1, 0.15) is 32.7 Å². The van der Waals surface area contributed by atoms with Crippen LogP contribution < -0.4 is 5.32 Å². The van der Waals surface area contributed by atoms with E-state index in [1.54, 1.807) is 27.7 Å². The standard InChI is InChI=1S/C11H17N3O4S/c1-5-17-8(15)6-7-13-14-9(19-7)12-10(16)18-11(2,3)4/h5-6H2,1-4H3,(H,12,14,16). The number of carbonyl (C=O) groups excluding carboxylic acids is 2. The predicted octanol–water partition coefficient (Wildman–Crippen LogP) is 1.99. The highest BCUT2D eigenvalue weighted by molar-refractivity contribution is 7.15. The van der Waals surface area contributed by atoms with Crippen LogP contribution in [-0.2, 0) is 20.7 Å². The van der Waals surface area contributed by atoms with Gasteiger partial charge in [-0.3, -0.25) is 10.1 Å². The smallest absolute Gasteiger partial charge is 0.414 e. The van der Waals surface area contributed by atoms with Gasteiger partial charge in [-0.25, -0.2) is 4.79 Å². The summed E-state index contributed by atoms with van der Waals surface area (Å²) < 4.78 is 9.86. The number of rotatable bonds is 4. The number of nitrogens with one attached hydrogen (secondary N) is 1. The van der Waals surface area contributed by atoms with Crippen molar-refractivity contribution in [2.75, 3.05) is 11.9 Å². The van der Waals surface area contributed by atoms with Crippen molar-refractivity contribution in [1.29, 1.82) is 0 Å². The van der Waals surface area contributed by atoms with E-state index in [2.05, 4.69) is 15.5 Å². The number of ether oxygens (including phenoxy) is 2. The highest BCUT2D eigenvalue weighted by Gasteiger charge is 2.18. The first kappa shape index (κ1) is 15.4.